The Kier molecular flexibility index (Phi) is 6.36. The summed E-state index contributed by atoms with van der Waals surface area (Å²) in [5.74, 6) is 0.256. The third-order valence-corrected chi connectivity index (χ3v) is 5.45. The van der Waals surface area contributed by atoms with Crippen molar-refractivity contribution >= 4 is 39.4 Å². The minimum Gasteiger partial charge on any atom is -0.484 e. The van der Waals surface area contributed by atoms with Gasteiger partial charge in [-0.3, -0.25) is 4.79 Å². The molecule has 1 N–H and O–H groups in total. The minimum atomic E-state index is -0.348. The van der Waals surface area contributed by atoms with E-state index < -0.39 is 0 Å². The quantitative estimate of drug-likeness (QED) is 0.302. The topological polar surface area (TPSA) is 68.5 Å². The van der Waals surface area contributed by atoms with Crippen molar-refractivity contribution in [3.8, 4) is 22.0 Å². The highest BCUT2D eigenvalue weighted by molar-refractivity contribution is 9.10. The van der Waals surface area contributed by atoms with E-state index in [0.717, 1.165) is 26.3 Å². The van der Waals surface area contributed by atoms with Crippen LogP contribution in [0.4, 0.5) is 0 Å². The number of para-hydroxylation sites is 1. The monoisotopic (exact) mass is 480 g/mol. The highest BCUT2D eigenvalue weighted by Crippen LogP contribution is 2.26. The van der Waals surface area contributed by atoms with Crippen LogP contribution in [0, 0.1) is 0 Å². The van der Waals surface area contributed by atoms with Crippen LogP contribution in [0.1, 0.15) is 5.56 Å². The molecule has 30 heavy (non-hydrogen) atoms. The van der Waals surface area contributed by atoms with Crippen LogP contribution >= 0.6 is 27.3 Å². The maximum absolute atomic E-state index is 12.1. The van der Waals surface area contributed by atoms with E-state index in [-0.39, 0.29) is 12.5 Å². The van der Waals surface area contributed by atoms with Crippen molar-refractivity contribution in [1.29, 1.82) is 0 Å². The van der Waals surface area contributed by atoms with Crippen molar-refractivity contribution in [2.75, 3.05) is 6.61 Å². The number of aromatic nitrogens is 2. The molecule has 150 valence electrons. The van der Waals surface area contributed by atoms with Gasteiger partial charge >= 0.3 is 0 Å². The van der Waals surface area contributed by atoms with E-state index in [9.17, 15) is 4.79 Å². The molecule has 8 heteroatoms. The van der Waals surface area contributed by atoms with Crippen molar-refractivity contribution in [2.24, 2.45) is 5.10 Å². The summed E-state index contributed by atoms with van der Waals surface area (Å²) in [6, 6.07) is 21.1. The number of thiophene rings is 1. The Bertz CT molecular complexity index is 1160. The highest BCUT2D eigenvalue weighted by Gasteiger charge is 2.12. The Morgan fingerprint density at radius 3 is 2.80 bits per heavy atom. The van der Waals surface area contributed by atoms with E-state index in [2.05, 4.69) is 26.5 Å². The number of hydrazone groups is 1. The van der Waals surface area contributed by atoms with Gasteiger partial charge in [-0.05, 0) is 41.8 Å². The second kappa shape index (κ2) is 9.51. The molecule has 4 aromatic rings. The first kappa shape index (κ1) is 20.1. The molecule has 1 amide bonds. The van der Waals surface area contributed by atoms with Crippen LogP contribution in [-0.4, -0.2) is 28.5 Å². The Morgan fingerprint density at radius 1 is 1.17 bits per heavy atom. The molecule has 0 atom stereocenters. The largest absolute Gasteiger partial charge is 0.484 e. The first-order valence-electron chi connectivity index (χ1n) is 9.08. The number of halogens is 1. The van der Waals surface area contributed by atoms with Crippen LogP contribution in [0.2, 0.25) is 0 Å². The molecule has 6 nitrogen and oxygen atoms in total. The molecule has 0 spiro atoms. The molecule has 0 fully saturated rings. The summed E-state index contributed by atoms with van der Waals surface area (Å²) in [5, 5.41) is 10.8. The summed E-state index contributed by atoms with van der Waals surface area (Å²) in [7, 11) is 0. The molecule has 0 saturated heterocycles. The summed E-state index contributed by atoms with van der Waals surface area (Å²) in [6.07, 6.45) is 3.48. The Morgan fingerprint density at radius 2 is 2.03 bits per heavy atom. The first-order chi connectivity index (χ1) is 14.7. The van der Waals surface area contributed by atoms with Crippen molar-refractivity contribution in [3.05, 3.63) is 88.3 Å². The van der Waals surface area contributed by atoms with Gasteiger partial charge in [0.25, 0.3) is 5.91 Å². The lowest BCUT2D eigenvalue weighted by molar-refractivity contribution is -0.123. The smallest absolute Gasteiger partial charge is 0.277 e. The molecule has 2 aromatic heterocycles. The van der Waals surface area contributed by atoms with Crippen LogP contribution in [0.3, 0.4) is 0 Å². The zero-order valence-corrected chi connectivity index (χ0v) is 18.1. The van der Waals surface area contributed by atoms with Gasteiger partial charge in [0, 0.05) is 16.2 Å². The van der Waals surface area contributed by atoms with E-state index in [0.29, 0.717) is 5.75 Å². The summed E-state index contributed by atoms with van der Waals surface area (Å²) >= 11 is 4.96. The van der Waals surface area contributed by atoms with Crippen LogP contribution in [-0.2, 0) is 4.79 Å². The molecular formula is C22H17BrN4O2S. The molecule has 2 aromatic carbocycles. The van der Waals surface area contributed by atoms with Crippen molar-refractivity contribution in [2.45, 2.75) is 0 Å². The Balaban J connectivity index is 1.46. The van der Waals surface area contributed by atoms with E-state index in [1.165, 1.54) is 0 Å². The fraction of sp³-hybridized carbons (Fsp3) is 0.0455. The molecule has 0 unspecified atom stereocenters. The third-order valence-electron chi connectivity index (χ3n) is 4.08. The average Bonchev–Trinajstić information content (AvgIpc) is 3.43. The van der Waals surface area contributed by atoms with Crippen molar-refractivity contribution < 1.29 is 9.53 Å². The van der Waals surface area contributed by atoms with E-state index in [1.807, 2.05) is 66.2 Å². The van der Waals surface area contributed by atoms with Gasteiger partial charge < -0.3 is 4.74 Å². The molecule has 0 aliphatic carbocycles. The molecule has 0 bridgehead atoms. The maximum atomic E-state index is 12.1. The SMILES string of the molecule is O=C(COc1cccc(Br)c1)NN=Cc1cn(-c2ccccc2)nc1-c1cccs1. The van der Waals surface area contributed by atoms with E-state index in [1.54, 1.807) is 34.4 Å². The van der Waals surface area contributed by atoms with Crippen LogP contribution < -0.4 is 10.2 Å². The van der Waals surface area contributed by atoms with Crippen LogP contribution in [0.25, 0.3) is 16.3 Å². The number of nitrogens with zero attached hydrogens (tertiary/aromatic N) is 3. The van der Waals surface area contributed by atoms with Gasteiger partial charge in [0.2, 0.25) is 0 Å². The lowest BCUT2D eigenvalue weighted by Gasteiger charge is -2.04. The Hall–Kier alpha value is -3.23. The molecule has 0 aliphatic rings. The number of benzene rings is 2. The molecule has 0 aliphatic heterocycles. The molecule has 0 radical (unpaired) electrons. The number of hydrogen-bond acceptors (Lipinski definition) is 5. The second-order valence-corrected chi connectivity index (χ2v) is 8.09. The predicted molar refractivity (Wildman–Crippen MR) is 122 cm³/mol. The second-order valence-electron chi connectivity index (χ2n) is 6.23. The number of hydrogen-bond donors (Lipinski definition) is 1. The highest BCUT2D eigenvalue weighted by atomic mass is 79.9. The van der Waals surface area contributed by atoms with Crippen molar-refractivity contribution in [1.82, 2.24) is 15.2 Å². The van der Waals surface area contributed by atoms with Gasteiger partial charge in [0.1, 0.15) is 11.4 Å². The number of ether oxygens (including phenoxy) is 1. The van der Waals surface area contributed by atoms with Crippen LogP contribution in [0.15, 0.2) is 87.9 Å². The molecule has 4 rings (SSSR count). The number of amides is 1. The van der Waals surface area contributed by atoms with Crippen LogP contribution in [0.5, 0.6) is 5.75 Å². The zero-order valence-electron chi connectivity index (χ0n) is 15.7. The summed E-state index contributed by atoms with van der Waals surface area (Å²) in [4.78, 5) is 13.1. The van der Waals surface area contributed by atoms with Gasteiger partial charge in [-0.25, -0.2) is 10.1 Å². The normalized spacial score (nSPS) is 11.0. The lowest BCUT2D eigenvalue weighted by Crippen LogP contribution is -2.24. The number of nitrogens with one attached hydrogen (secondary N) is 1. The lowest BCUT2D eigenvalue weighted by atomic mass is 10.2. The fourth-order valence-corrected chi connectivity index (χ4v) is 3.82. The zero-order chi connectivity index (χ0) is 20.8. The average molecular weight is 481 g/mol. The maximum Gasteiger partial charge on any atom is 0.277 e. The van der Waals surface area contributed by atoms with E-state index in [4.69, 9.17) is 9.84 Å². The number of carbonyl (C=O) groups excluding carboxylic acids is 1. The van der Waals surface area contributed by atoms with E-state index >= 15 is 0 Å². The third kappa shape index (κ3) is 5.03. The fourth-order valence-electron chi connectivity index (χ4n) is 2.71. The minimum absolute atomic E-state index is 0.130. The summed E-state index contributed by atoms with van der Waals surface area (Å²) < 4.78 is 8.15. The van der Waals surface area contributed by atoms with Gasteiger partial charge in [0.15, 0.2) is 6.61 Å². The molecule has 0 saturated carbocycles. The van der Waals surface area contributed by atoms with Gasteiger partial charge in [0.05, 0.1) is 16.8 Å². The standard InChI is InChI=1S/C22H17BrN4O2S/c23-17-6-4-9-19(12-17)29-15-21(28)25-24-13-16-14-27(18-7-2-1-3-8-18)26-22(16)20-10-5-11-30-20/h1-14H,15H2,(H,25,28). The summed E-state index contributed by atoms with van der Waals surface area (Å²) in [6.45, 7) is -0.130. The predicted octanol–water partition coefficient (Wildman–Crippen LogP) is 4.89. The number of carbonyl (C=O) groups is 1. The molecular weight excluding hydrogens is 464 g/mol. The number of rotatable bonds is 7. The van der Waals surface area contributed by atoms with Gasteiger partial charge in [-0.15, -0.1) is 11.3 Å². The summed E-state index contributed by atoms with van der Waals surface area (Å²) in [5.41, 5.74) is 5.05. The Labute approximate surface area is 186 Å². The first-order valence-corrected chi connectivity index (χ1v) is 10.8. The molecule has 2 heterocycles. The van der Waals surface area contributed by atoms with Gasteiger partial charge in [-0.2, -0.15) is 10.2 Å². The van der Waals surface area contributed by atoms with Gasteiger partial charge in [-0.1, -0.05) is 46.3 Å². The van der Waals surface area contributed by atoms with Crippen molar-refractivity contribution in [3.63, 3.8) is 0 Å².